The lowest BCUT2D eigenvalue weighted by Gasteiger charge is -2.16. The molecule has 0 bridgehead atoms. The van der Waals surface area contributed by atoms with Crippen molar-refractivity contribution in [2.24, 2.45) is 12.0 Å². The molecule has 136 valence electrons. The Hall–Kier alpha value is -2.67. The number of aryl methyl sites for hydroxylation is 1. The minimum absolute atomic E-state index is 0.0815. The summed E-state index contributed by atoms with van der Waals surface area (Å²) < 4.78 is 7.29. The molecule has 2 aromatic rings. The van der Waals surface area contributed by atoms with Gasteiger partial charge in [0.2, 0.25) is 5.96 Å². The number of likely N-dealkylation sites (N-methyl/N-ethyl adjacent to an activating group) is 1. The Labute approximate surface area is 152 Å². The molecule has 2 atom stereocenters. The molecule has 1 amide bonds. The molecular weight excluding hydrogens is 330 g/mol. The van der Waals surface area contributed by atoms with Crippen LogP contribution >= 0.6 is 0 Å². The molecule has 0 spiro atoms. The number of benzene rings is 1. The van der Waals surface area contributed by atoms with Crippen molar-refractivity contribution in [1.82, 2.24) is 20.0 Å². The highest BCUT2D eigenvalue weighted by atomic mass is 16.5. The van der Waals surface area contributed by atoms with E-state index in [0.717, 1.165) is 35.7 Å². The largest absolute Gasteiger partial charge is 0.379 e. The standard InChI is InChI=1S/C19H23N5O2/c1-23-11-13-9-12(7-8-14(13)22-23)10-16-18(25)24(2)19(21-16)20-15-5-4-6-17(15)26-3/h7-11,15,17H,4-6H2,1-3H3,(H,20,21)/b16-10-/t15-,17-/m1/s1. The van der Waals surface area contributed by atoms with Crippen molar-refractivity contribution in [2.75, 3.05) is 14.2 Å². The summed E-state index contributed by atoms with van der Waals surface area (Å²) in [5.41, 5.74) is 2.42. The van der Waals surface area contributed by atoms with Gasteiger partial charge in [0.05, 0.1) is 17.7 Å². The lowest BCUT2D eigenvalue weighted by atomic mass is 10.1. The minimum Gasteiger partial charge on any atom is -0.379 e. The number of guanidine groups is 1. The molecule has 1 aromatic heterocycles. The van der Waals surface area contributed by atoms with Crippen LogP contribution in [0.3, 0.4) is 0 Å². The van der Waals surface area contributed by atoms with E-state index in [1.165, 1.54) is 0 Å². The second kappa shape index (κ2) is 6.57. The Morgan fingerprint density at radius 3 is 3.00 bits per heavy atom. The summed E-state index contributed by atoms with van der Waals surface area (Å²) in [5.74, 6) is 0.514. The number of amides is 1. The van der Waals surface area contributed by atoms with E-state index in [1.54, 1.807) is 23.7 Å². The third kappa shape index (κ3) is 2.99. The molecule has 7 heteroatoms. The predicted molar refractivity (Wildman–Crippen MR) is 100 cm³/mol. The highest BCUT2D eigenvalue weighted by Crippen LogP contribution is 2.25. The number of carbonyl (C=O) groups excluding carboxylic acids is 1. The van der Waals surface area contributed by atoms with E-state index in [1.807, 2.05) is 37.5 Å². The molecule has 1 aliphatic carbocycles. The van der Waals surface area contributed by atoms with Crippen molar-refractivity contribution < 1.29 is 9.53 Å². The molecule has 4 rings (SSSR count). The first-order valence-corrected chi connectivity index (χ1v) is 8.86. The quantitative estimate of drug-likeness (QED) is 0.856. The molecule has 1 aromatic carbocycles. The molecule has 1 aliphatic heterocycles. The molecule has 0 unspecified atom stereocenters. The number of nitrogens with one attached hydrogen (secondary N) is 1. The number of hydrogen-bond donors (Lipinski definition) is 1. The van der Waals surface area contributed by atoms with Gasteiger partial charge in [-0.25, -0.2) is 4.99 Å². The fraction of sp³-hybridized carbons (Fsp3) is 0.421. The van der Waals surface area contributed by atoms with Crippen molar-refractivity contribution in [1.29, 1.82) is 0 Å². The van der Waals surface area contributed by atoms with Crippen molar-refractivity contribution in [3.63, 3.8) is 0 Å². The van der Waals surface area contributed by atoms with Gasteiger partial charge >= 0.3 is 0 Å². The van der Waals surface area contributed by atoms with Crippen LogP contribution in [0.4, 0.5) is 0 Å². The maximum absolute atomic E-state index is 12.6. The average Bonchev–Trinajstić information content (AvgIpc) is 3.29. The number of nitrogens with zero attached hydrogens (tertiary/aromatic N) is 4. The second-order valence-electron chi connectivity index (χ2n) is 6.89. The zero-order valence-corrected chi connectivity index (χ0v) is 15.3. The first-order chi connectivity index (χ1) is 12.5. The summed E-state index contributed by atoms with van der Waals surface area (Å²) in [6.07, 6.45) is 7.06. The van der Waals surface area contributed by atoms with Gasteiger partial charge in [-0.15, -0.1) is 0 Å². The smallest absolute Gasteiger partial charge is 0.276 e. The number of fused-ring (bicyclic) bond motifs is 1. The van der Waals surface area contributed by atoms with E-state index in [0.29, 0.717) is 11.7 Å². The molecule has 1 N–H and O–H groups in total. The van der Waals surface area contributed by atoms with Crippen LogP contribution in [0.5, 0.6) is 0 Å². The third-order valence-electron chi connectivity index (χ3n) is 5.06. The first kappa shape index (κ1) is 16.8. The van der Waals surface area contributed by atoms with Crippen LogP contribution in [-0.2, 0) is 16.6 Å². The van der Waals surface area contributed by atoms with Crippen molar-refractivity contribution in [3.05, 3.63) is 35.7 Å². The summed E-state index contributed by atoms with van der Waals surface area (Å²) in [6, 6.07) is 6.05. The molecule has 0 radical (unpaired) electrons. The third-order valence-corrected chi connectivity index (χ3v) is 5.06. The van der Waals surface area contributed by atoms with E-state index in [9.17, 15) is 4.79 Å². The second-order valence-corrected chi connectivity index (χ2v) is 6.89. The van der Waals surface area contributed by atoms with Gasteiger partial charge in [-0.2, -0.15) is 5.10 Å². The van der Waals surface area contributed by atoms with Crippen LogP contribution in [0.15, 0.2) is 35.1 Å². The fourth-order valence-corrected chi connectivity index (χ4v) is 3.66. The molecular formula is C19H23N5O2. The van der Waals surface area contributed by atoms with Crippen LogP contribution in [0.1, 0.15) is 24.8 Å². The molecule has 26 heavy (non-hydrogen) atoms. The number of carbonyl (C=O) groups is 1. The van der Waals surface area contributed by atoms with Crippen LogP contribution in [0.2, 0.25) is 0 Å². The molecule has 2 aliphatic rings. The zero-order chi connectivity index (χ0) is 18.3. The van der Waals surface area contributed by atoms with Gasteiger partial charge in [-0.1, -0.05) is 6.07 Å². The van der Waals surface area contributed by atoms with Gasteiger partial charge in [0.25, 0.3) is 5.91 Å². The summed E-state index contributed by atoms with van der Waals surface area (Å²) in [7, 11) is 5.37. The van der Waals surface area contributed by atoms with E-state index in [4.69, 9.17) is 9.73 Å². The van der Waals surface area contributed by atoms with Gasteiger partial charge in [0.15, 0.2) is 0 Å². The topological polar surface area (TPSA) is 71.7 Å². The highest BCUT2D eigenvalue weighted by Gasteiger charge is 2.32. The minimum atomic E-state index is -0.0815. The lowest BCUT2D eigenvalue weighted by molar-refractivity contribution is -0.121. The van der Waals surface area contributed by atoms with Crippen LogP contribution < -0.4 is 5.32 Å². The maximum atomic E-state index is 12.6. The van der Waals surface area contributed by atoms with Gasteiger partial charge < -0.3 is 10.1 Å². The van der Waals surface area contributed by atoms with Crippen LogP contribution in [0.25, 0.3) is 17.0 Å². The Balaban J connectivity index is 1.60. The van der Waals surface area contributed by atoms with E-state index < -0.39 is 0 Å². The Morgan fingerprint density at radius 1 is 1.35 bits per heavy atom. The van der Waals surface area contributed by atoms with E-state index >= 15 is 0 Å². The Kier molecular flexibility index (Phi) is 4.24. The van der Waals surface area contributed by atoms with Gasteiger partial charge in [0, 0.05) is 32.8 Å². The van der Waals surface area contributed by atoms with Gasteiger partial charge in [-0.3, -0.25) is 14.4 Å². The summed E-state index contributed by atoms with van der Waals surface area (Å²) in [4.78, 5) is 18.9. The molecule has 1 saturated heterocycles. The monoisotopic (exact) mass is 353 g/mol. The zero-order valence-electron chi connectivity index (χ0n) is 15.3. The number of rotatable bonds is 3. The van der Waals surface area contributed by atoms with Crippen molar-refractivity contribution in [2.45, 2.75) is 31.4 Å². The SMILES string of the molecule is CO[C@@H]1CCC[C@H]1N=C1N/C(=C\c2ccc3nn(C)cc3c2)C(=O)N1C. The predicted octanol–water partition coefficient (Wildman–Crippen LogP) is 1.90. The van der Waals surface area contributed by atoms with E-state index in [2.05, 4.69) is 10.4 Å². The normalized spacial score (nSPS) is 26.4. The van der Waals surface area contributed by atoms with E-state index in [-0.39, 0.29) is 18.1 Å². The Morgan fingerprint density at radius 2 is 2.19 bits per heavy atom. The van der Waals surface area contributed by atoms with Crippen molar-refractivity contribution >= 4 is 28.8 Å². The number of ether oxygens (including phenoxy) is 1. The number of aliphatic imine (C=N–C) groups is 1. The molecule has 1 saturated carbocycles. The molecule has 7 nitrogen and oxygen atoms in total. The lowest BCUT2D eigenvalue weighted by Crippen LogP contribution is -2.32. The van der Waals surface area contributed by atoms with Crippen molar-refractivity contribution in [3.8, 4) is 0 Å². The van der Waals surface area contributed by atoms with Crippen LogP contribution in [0, 0.1) is 0 Å². The highest BCUT2D eigenvalue weighted by molar-refractivity contribution is 6.15. The fourth-order valence-electron chi connectivity index (χ4n) is 3.66. The number of hydrogen-bond acceptors (Lipinski definition) is 4. The number of aromatic nitrogens is 2. The number of methoxy groups -OCH3 is 1. The van der Waals surface area contributed by atoms with Gasteiger partial charge in [0.1, 0.15) is 5.70 Å². The summed E-state index contributed by atoms with van der Waals surface area (Å²) in [6.45, 7) is 0. The Bertz CT molecular complexity index is 914. The maximum Gasteiger partial charge on any atom is 0.276 e. The molecule has 2 heterocycles. The van der Waals surface area contributed by atoms with Crippen LogP contribution in [-0.4, -0.2) is 52.9 Å². The summed E-state index contributed by atoms with van der Waals surface area (Å²) >= 11 is 0. The van der Waals surface area contributed by atoms with Gasteiger partial charge in [-0.05, 0) is 43.0 Å². The summed E-state index contributed by atoms with van der Waals surface area (Å²) in [5, 5.41) is 8.59. The molecule has 2 fully saturated rings. The average molecular weight is 353 g/mol. The first-order valence-electron chi connectivity index (χ1n) is 8.86.